The summed E-state index contributed by atoms with van der Waals surface area (Å²) >= 11 is 0. The van der Waals surface area contributed by atoms with Gasteiger partial charge in [-0.25, -0.2) is 0 Å². The summed E-state index contributed by atoms with van der Waals surface area (Å²) in [5, 5.41) is 10.5. The minimum Gasteiger partial charge on any atom is -0.480 e. The highest BCUT2D eigenvalue weighted by Gasteiger charge is 2.42. The molecule has 0 aliphatic heterocycles. The number of carbonyl (C=O) groups excluding carboxylic acids is 1. The zero-order valence-corrected chi connectivity index (χ0v) is 9.09. The average Bonchev–Trinajstić information content (AvgIpc) is 2.25. The number of aliphatic carboxylic acids is 1. The van der Waals surface area contributed by atoms with Crippen LogP contribution < -0.4 is 5.32 Å². The Morgan fingerprint density at radius 3 is 2.12 bits per heavy atom. The van der Waals surface area contributed by atoms with E-state index in [2.05, 4.69) is 5.32 Å². The van der Waals surface area contributed by atoms with Crippen LogP contribution in [0.4, 0.5) is 13.2 Å². The summed E-state index contributed by atoms with van der Waals surface area (Å²) in [6, 6.07) is 0. The van der Waals surface area contributed by atoms with E-state index in [1.165, 1.54) is 0 Å². The van der Waals surface area contributed by atoms with Gasteiger partial charge in [-0.05, 0) is 25.7 Å². The minimum atomic E-state index is -4.19. The van der Waals surface area contributed by atoms with Crippen molar-refractivity contribution in [3.63, 3.8) is 0 Å². The third-order valence-electron chi connectivity index (χ3n) is 2.97. The number of carboxylic acids is 1. The number of hydrogen-bond acceptors (Lipinski definition) is 2. The van der Waals surface area contributed by atoms with Gasteiger partial charge in [-0.15, -0.1) is 0 Å². The van der Waals surface area contributed by atoms with E-state index in [1.54, 1.807) is 0 Å². The smallest absolute Gasteiger partial charge is 0.391 e. The standard InChI is InChI=1S/C10H14F3NO3/c11-10(12,13)7-3-1-6(2-4-7)9(17)14-5-8(15)16/h6-7H,1-5H2,(H,14,17)(H,15,16). The first-order chi connectivity index (χ1) is 7.80. The Balaban J connectivity index is 2.36. The Labute approximate surface area is 96.2 Å². The summed E-state index contributed by atoms with van der Waals surface area (Å²) in [5.74, 6) is -3.45. The summed E-state index contributed by atoms with van der Waals surface area (Å²) in [4.78, 5) is 21.6. The molecule has 1 amide bonds. The number of carbonyl (C=O) groups is 2. The molecule has 0 aromatic rings. The predicted octanol–water partition coefficient (Wildman–Crippen LogP) is 1.56. The molecule has 1 rings (SSSR count). The van der Waals surface area contributed by atoms with E-state index in [0.717, 1.165) is 0 Å². The van der Waals surface area contributed by atoms with Gasteiger partial charge in [0.1, 0.15) is 6.54 Å². The predicted molar refractivity (Wildman–Crippen MR) is 52.1 cm³/mol. The average molecular weight is 253 g/mol. The van der Waals surface area contributed by atoms with Gasteiger partial charge in [0.25, 0.3) is 0 Å². The van der Waals surface area contributed by atoms with E-state index >= 15 is 0 Å². The van der Waals surface area contributed by atoms with Gasteiger partial charge in [-0.2, -0.15) is 13.2 Å². The summed E-state index contributed by atoms with van der Waals surface area (Å²) < 4.78 is 37.0. The number of alkyl halides is 3. The Morgan fingerprint density at radius 2 is 1.71 bits per heavy atom. The molecule has 0 unspecified atom stereocenters. The Morgan fingerprint density at radius 1 is 1.18 bits per heavy atom. The van der Waals surface area contributed by atoms with Gasteiger partial charge in [-0.3, -0.25) is 9.59 Å². The molecular weight excluding hydrogens is 239 g/mol. The molecule has 98 valence electrons. The van der Waals surface area contributed by atoms with Crippen molar-refractivity contribution < 1.29 is 27.9 Å². The van der Waals surface area contributed by atoms with E-state index in [1.807, 2.05) is 0 Å². The monoisotopic (exact) mass is 253 g/mol. The lowest BCUT2D eigenvalue weighted by molar-refractivity contribution is -0.184. The van der Waals surface area contributed by atoms with Gasteiger partial charge in [0, 0.05) is 5.92 Å². The van der Waals surface area contributed by atoms with E-state index in [0.29, 0.717) is 0 Å². The maximum Gasteiger partial charge on any atom is 0.391 e. The van der Waals surface area contributed by atoms with Crippen LogP contribution in [-0.2, 0) is 9.59 Å². The SMILES string of the molecule is O=C(O)CNC(=O)C1CCC(C(F)(F)F)CC1. The maximum absolute atomic E-state index is 12.3. The Kier molecular flexibility index (Phi) is 4.36. The van der Waals surface area contributed by atoms with Crippen LogP contribution in [0.2, 0.25) is 0 Å². The summed E-state index contributed by atoms with van der Waals surface area (Å²) in [6.07, 6.45) is -3.99. The fraction of sp³-hybridized carbons (Fsp3) is 0.800. The van der Waals surface area contributed by atoms with Gasteiger partial charge in [0.05, 0.1) is 5.92 Å². The van der Waals surface area contributed by atoms with Crippen LogP contribution in [0.3, 0.4) is 0 Å². The highest BCUT2D eigenvalue weighted by atomic mass is 19.4. The summed E-state index contributed by atoms with van der Waals surface area (Å²) in [7, 11) is 0. The highest BCUT2D eigenvalue weighted by Crippen LogP contribution is 2.39. The Hall–Kier alpha value is -1.27. The van der Waals surface area contributed by atoms with Gasteiger partial charge in [0.2, 0.25) is 5.91 Å². The van der Waals surface area contributed by atoms with Crippen molar-refractivity contribution in [2.24, 2.45) is 11.8 Å². The number of carboxylic acid groups (broad SMARTS) is 1. The molecule has 1 saturated carbocycles. The fourth-order valence-corrected chi connectivity index (χ4v) is 1.99. The lowest BCUT2D eigenvalue weighted by Crippen LogP contribution is -2.38. The van der Waals surface area contributed by atoms with Crippen LogP contribution >= 0.6 is 0 Å². The van der Waals surface area contributed by atoms with Crippen molar-refractivity contribution in [1.82, 2.24) is 5.32 Å². The molecule has 7 heteroatoms. The first kappa shape index (κ1) is 13.8. The van der Waals surface area contributed by atoms with Crippen molar-refractivity contribution in [3.05, 3.63) is 0 Å². The van der Waals surface area contributed by atoms with Crippen LogP contribution in [0.1, 0.15) is 25.7 Å². The second-order valence-electron chi connectivity index (χ2n) is 4.20. The molecule has 0 aromatic heterocycles. The van der Waals surface area contributed by atoms with Crippen LogP contribution in [0.15, 0.2) is 0 Å². The molecule has 2 N–H and O–H groups in total. The third-order valence-corrected chi connectivity index (χ3v) is 2.97. The van der Waals surface area contributed by atoms with Crippen molar-refractivity contribution in [2.75, 3.05) is 6.54 Å². The van der Waals surface area contributed by atoms with Gasteiger partial charge in [0.15, 0.2) is 0 Å². The third kappa shape index (κ3) is 4.24. The molecule has 0 radical (unpaired) electrons. The lowest BCUT2D eigenvalue weighted by Gasteiger charge is -2.28. The van der Waals surface area contributed by atoms with Crippen LogP contribution in [-0.4, -0.2) is 29.7 Å². The van der Waals surface area contributed by atoms with Crippen LogP contribution in [0, 0.1) is 11.8 Å². The molecule has 1 aliphatic carbocycles. The minimum absolute atomic E-state index is 0.0609. The van der Waals surface area contributed by atoms with E-state index < -0.39 is 36.4 Å². The molecule has 4 nitrogen and oxygen atoms in total. The normalized spacial score (nSPS) is 25.4. The molecule has 0 spiro atoms. The molecule has 0 atom stereocenters. The maximum atomic E-state index is 12.3. The Bertz CT molecular complexity index is 296. The van der Waals surface area contributed by atoms with Crippen molar-refractivity contribution in [3.8, 4) is 0 Å². The molecular formula is C10H14F3NO3. The zero-order valence-electron chi connectivity index (χ0n) is 9.09. The largest absolute Gasteiger partial charge is 0.480 e. The van der Waals surface area contributed by atoms with E-state index in [-0.39, 0.29) is 25.7 Å². The van der Waals surface area contributed by atoms with Crippen LogP contribution in [0.5, 0.6) is 0 Å². The fourth-order valence-electron chi connectivity index (χ4n) is 1.99. The number of rotatable bonds is 3. The zero-order chi connectivity index (χ0) is 13.1. The summed E-state index contributed by atoms with van der Waals surface area (Å²) in [6.45, 7) is -0.488. The van der Waals surface area contributed by atoms with E-state index in [4.69, 9.17) is 5.11 Å². The van der Waals surface area contributed by atoms with Crippen molar-refractivity contribution in [1.29, 1.82) is 0 Å². The van der Waals surface area contributed by atoms with Crippen molar-refractivity contribution >= 4 is 11.9 Å². The molecule has 1 aliphatic rings. The quantitative estimate of drug-likeness (QED) is 0.802. The molecule has 0 heterocycles. The molecule has 0 saturated heterocycles. The number of halogens is 3. The first-order valence-electron chi connectivity index (χ1n) is 5.37. The molecule has 1 fully saturated rings. The second kappa shape index (κ2) is 5.37. The first-order valence-corrected chi connectivity index (χ1v) is 5.37. The molecule has 0 bridgehead atoms. The van der Waals surface area contributed by atoms with Gasteiger partial charge >= 0.3 is 12.1 Å². The number of amides is 1. The van der Waals surface area contributed by atoms with Crippen molar-refractivity contribution in [2.45, 2.75) is 31.9 Å². The highest BCUT2D eigenvalue weighted by molar-refractivity contribution is 5.82. The number of nitrogens with one attached hydrogen (secondary N) is 1. The molecule has 17 heavy (non-hydrogen) atoms. The number of hydrogen-bond donors (Lipinski definition) is 2. The van der Waals surface area contributed by atoms with Crippen LogP contribution in [0.25, 0.3) is 0 Å². The molecule has 0 aromatic carbocycles. The topological polar surface area (TPSA) is 66.4 Å². The van der Waals surface area contributed by atoms with Gasteiger partial charge in [-0.1, -0.05) is 0 Å². The summed E-state index contributed by atoms with van der Waals surface area (Å²) in [5.41, 5.74) is 0. The van der Waals surface area contributed by atoms with Gasteiger partial charge < -0.3 is 10.4 Å². The second-order valence-corrected chi connectivity index (χ2v) is 4.20. The lowest BCUT2D eigenvalue weighted by atomic mass is 9.81. The van der Waals surface area contributed by atoms with E-state index in [9.17, 15) is 22.8 Å².